The number of hydrogen-bond acceptors (Lipinski definition) is 6. The van der Waals surface area contributed by atoms with Gasteiger partial charge < -0.3 is 18.9 Å². The van der Waals surface area contributed by atoms with E-state index in [-0.39, 0.29) is 12.7 Å². The van der Waals surface area contributed by atoms with Gasteiger partial charge in [0.25, 0.3) is 0 Å². The molecule has 1 aromatic carbocycles. The zero-order valence-corrected chi connectivity index (χ0v) is 13.4. The molecule has 116 valence electrons. The molecule has 7 nitrogen and oxygen atoms in total. The van der Waals surface area contributed by atoms with Crippen LogP contribution in [-0.2, 0) is 11.8 Å². The summed E-state index contributed by atoms with van der Waals surface area (Å²) in [5.41, 5.74) is 0.894. The molecule has 0 bridgehead atoms. The summed E-state index contributed by atoms with van der Waals surface area (Å²) in [6, 6.07) is 5.65. The lowest BCUT2D eigenvalue weighted by Crippen LogP contribution is -2.23. The van der Waals surface area contributed by atoms with Crippen LogP contribution in [0.25, 0.3) is 11.4 Å². The number of benzene rings is 1. The quantitative estimate of drug-likeness (QED) is 0.793. The molecule has 0 unspecified atom stereocenters. The van der Waals surface area contributed by atoms with Crippen LogP contribution in [0.1, 0.15) is 0 Å². The molecular formula is C14H16N4O3S. The summed E-state index contributed by atoms with van der Waals surface area (Å²) in [6.07, 6.45) is 0. The number of hydrogen-bond donors (Lipinski definition) is 0. The molecule has 3 rings (SSSR count). The van der Waals surface area contributed by atoms with Crippen molar-refractivity contribution >= 4 is 17.7 Å². The monoisotopic (exact) mass is 320 g/mol. The molecule has 0 saturated carbocycles. The third kappa shape index (κ3) is 2.74. The first-order valence-electron chi connectivity index (χ1n) is 6.68. The van der Waals surface area contributed by atoms with E-state index in [1.165, 1.54) is 11.8 Å². The topological polar surface area (TPSA) is 69.5 Å². The van der Waals surface area contributed by atoms with Gasteiger partial charge in [-0.2, -0.15) is 0 Å². The largest absolute Gasteiger partial charge is 0.454 e. The minimum absolute atomic E-state index is 0.0395. The predicted octanol–water partition coefficient (Wildman–Crippen LogP) is 1.39. The number of nitrogens with zero attached hydrogens (tertiary/aromatic N) is 4. The van der Waals surface area contributed by atoms with Gasteiger partial charge in [0.2, 0.25) is 12.7 Å². The summed E-state index contributed by atoms with van der Waals surface area (Å²) in [5, 5.41) is 9.05. The lowest BCUT2D eigenvalue weighted by atomic mass is 10.2. The van der Waals surface area contributed by atoms with E-state index >= 15 is 0 Å². The van der Waals surface area contributed by atoms with E-state index in [9.17, 15) is 4.79 Å². The number of fused-ring (bicyclic) bond motifs is 1. The van der Waals surface area contributed by atoms with Gasteiger partial charge in [0, 0.05) is 26.7 Å². The molecule has 1 aliphatic rings. The Labute approximate surface area is 132 Å². The van der Waals surface area contributed by atoms with Crippen molar-refractivity contribution in [1.82, 2.24) is 19.7 Å². The minimum atomic E-state index is 0.0395. The van der Waals surface area contributed by atoms with Gasteiger partial charge >= 0.3 is 0 Å². The van der Waals surface area contributed by atoms with Crippen LogP contribution in [0.5, 0.6) is 11.5 Å². The van der Waals surface area contributed by atoms with Crippen molar-refractivity contribution in [2.75, 3.05) is 26.6 Å². The highest BCUT2D eigenvalue weighted by Crippen LogP contribution is 2.35. The van der Waals surface area contributed by atoms with Gasteiger partial charge in [-0.15, -0.1) is 10.2 Å². The average Bonchev–Trinajstić information content (AvgIpc) is 3.10. The molecule has 0 radical (unpaired) electrons. The Kier molecular flexibility index (Phi) is 3.93. The fourth-order valence-corrected chi connectivity index (χ4v) is 2.87. The fraction of sp³-hybridized carbons (Fsp3) is 0.357. The lowest BCUT2D eigenvalue weighted by Gasteiger charge is -2.09. The summed E-state index contributed by atoms with van der Waals surface area (Å²) >= 11 is 1.37. The average molecular weight is 320 g/mol. The number of carbonyl (C=O) groups excluding carboxylic acids is 1. The molecule has 1 aromatic heterocycles. The molecule has 0 spiro atoms. The normalized spacial score (nSPS) is 12.5. The summed E-state index contributed by atoms with van der Waals surface area (Å²) in [6.45, 7) is 0.241. The standard InChI is InChI=1S/C14H16N4O3S/c1-17(2)12(19)7-22-14-16-15-13(18(14)3)9-4-5-10-11(6-9)21-8-20-10/h4-6H,7-8H2,1-3H3. The van der Waals surface area contributed by atoms with Crippen molar-refractivity contribution in [3.63, 3.8) is 0 Å². The second-order valence-corrected chi connectivity index (χ2v) is 5.95. The zero-order valence-electron chi connectivity index (χ0n) is 12.6. The fourth-order valence-electron chi connectivity index (χ4n) is 1.98. The highest BCUT2D eigenvalue weighted by molar-refractivity contribution is 7.99. The maximum absolute atomic E-state index is 11.6. The Morgan fingerprint density at radius 1 is 1.32 bits per heavy atom. The van der Waals surface area contributed by atoms with Gasteiger partial charge in [-0.1, -0.05) is 11.8 Å². The van der Waals surface area contributed by atoms with Gasteiger partial charge in [-0.25, -0.2) is 0 Å². The lowest BCUT2D eigenvalue weighted by molar-refractivity contribution is -0.125. The third-order valence-corrected chi connectivity index (χ3v) is 4.29. The smallest absolute Gasteiger partial charge is 0.232 e. The Morgan fingerprint density at radius 2 is 2.09 bits per heavy atom. The van der Waals surface area contributed by atoms with E-state index < -0.39 is 0 Å². The Hall–Kier alpha value is -2.22. The van der Waals surface area contributed by atoms with Crippen LogP contribution in [0.4, 0.5) is 0 Å². The zero-order chi connectivity index (χ0) is 15.7. The second-order valence-electron chi connectivity index (χ2n) is 5.01. The van der Waals surface area contributed by atoms with Crippen LogP contribution in [0.3, 0.4) is 0 Å². The maximum Gasteiger partial charge on any atom is 0.232 e. The minimum Gasteiger partial charge on any atom is -0.454 e. The number of rotatable bonds is 4. The first kappa shape index (κ1) is 14.7. The van der Waals surface area contributed by atoms with Gasteiger partial charge in [-0.05, 0) is 18.2 Å². The molecule has 2 heterocycles. The van der Waals surface area contributed by atoms with Crippen LogP contribution in [-0.4, -0.2) is 52.2 Å². The van der Waals surface area contributed by atoms with Crippen molar-refractivity contribution < 1.29 is 14.3 Å². The highest BCUT2D eigenvalue weighted by atomic mass is 32.2. The van der Waals surface area contributed by atoms with Crippen molar-refractivity contribution in [2.24, 2.45) is 7.05 Å². The van der Waals surface area contributed by atoms with Gasteiger partial charge in [0.15, 0.2) is 22.5 Å². The molecule has 1 aliphatic heterocycles. The highest BCUT2D eigenvalue weighted by Gasteiger charge is 2.18. The van der Waals surface area contributed by atoms with Gasteiger partial charge in [0.05, 0.1) is 5.75 Å². The van der Waals surface area contributed by atoms with Crippen molar-refractivity contribution in [2.45, 2.75) is 5.16 Å². The van der Waals surface area contributed by atoms with Crippen LogP contribution in [0, 0.1) is 0 Å². The van der Waals surface area contributed by atoms with E-state index in [2.05, 4.69) is 10.2 Å². The van der Waals surface area contributed by atoms with Crippen LogP contribution >= 0.6 is 11.8 Å². The van der Waals surface area contributed by atoms with E-state index in [0.717, 1.165) is 17.1 Å². The van der Waals surface area contributed by atoms with Crippen LogP contribution in [0.2, 0.25) is 0 Å². The number of carbonyl (C=O) groups is 1. The number of ether oxygens (including phenoxy) is 2. The number of amides is 1. The first-order chi connectivity index (χ1) is 10.6. The molecule has 1 amide bonds. The number of thioether (sulfide) groups is 1. The molecule has 22 heavy (non-hydrogen) atoms. The molecular weight excluding hydrogens is 304 g/mol. The van der Waals surface area contributed by atoms with Crippen molar-refractivity contribution in [3.05, 3.63) is 18.2 Å². The maximum atomic E-state index is 11.6. The van der Waals surface area contributed by atoms with Crippen molar-refractivity contribution in [3.8, 4) is 22.9 Å². The molecule has 0 N–H and O–H groups in total. The Bertz CT molecular complexity index is 714. The molecule has 0 saturated heterocycles. The first-order valence-corrected chi connectivity index (χ1v) is 7.67. The molecule has 8 heteroatoms. The summed E-state index contributed by atoms with van der Waals surface area (Å²) in [5.74, 6) is 2.53. The van der Waals surface area contributed by atoms with E-state index in [1.807, 2.05) is 29.8 Å². The SMILES string of the molecule is CN(C)C(=O)CSc1nnc(-c2ccc3c(c2)OCO3)n1C. The van der Waals surface area contributed by atoms with Crippen molar-refractivity contribution in [1.29, 1.82) is 0 Å². The summed E-state index contributed by atoms with van der Waals surface area (Å²) in [4.78, 5) is 13.2. The van der Waals surface area contributed by atoms with E-state index in [0.29, 0.717) is 16.7 Å². The van der Waals surface area contributed by atoms with E-state index in [4.69, 9.17) is 9.47 Å². The third-order valence-electron chi connectivity index (χ3n) is 3.29. The van der Waals surface area contributed by atoms with E-state index in [1.54, 1.807) is 19.0 Å². The summed E-state index contributed by atoms with van der Waals surface area (Å²) < 4.78 is 12.5. The second kappa shape index (κ2) is 5.88. The van der Waals surface area contributed by atoms with Gasteiger partial charge in [0.1, 0.15) is 0 Å². The Morgan fingerprint density at radius 3 is 2.86 bits per heavy atom. The van der Waals surface area contributed by atoms with Crippen LogP contribution < -0.4 is 9.47 Å². The van der Waals surface area contributed by atoms with Crippen LogP contribution in [0.15, 0.2) is 23.4 Å². The molecule has 0 atom stereocenters. The van der Waals surface area contributed by atoms with Gasteiger partial charge in [-0.3, -0.25) is 4.79 Å². The Balaban J connectivity index is 1.80. The molecule has 0 aliphatic carbocycles. The molecule has 0 fully saturated rings. The molecule has 2 aromatic rings. The summed E-state index contributed by atoms with van der Waals surface area (Å²) in [7, 11) is 5.34. The number of aromatic nitrogens is 3. The predicted molar refractivity (Wildman–Crippen MR) is 82.0 cm³/mol.